The molecule has 1 atom stereocenters. The molecule has 4 nitrogen and oxygen atoms in total. The summed E-state index contributed by atoms with van der Waals surface area (Å²) >= 11 is 0. The van der Waals surface area contributed by atoms with E-state index in [0.717, 1.165) is 25.8 Å². The summed E-state index contributed by atoms with van der Waals surface area (Å²) in [5.74, 6) is 0. The Labute approximate surface area is 99.3 Å². The number of hydrogen-bond donors (Lipinski definition) is 2. The van der Waals surface area contributed by atoms with Crippen LogP contribution in [-0.2, 0) is 9.09 Å². The molecule has 0 saturated carbocycles. The summed E-state index contributed by atoms with van der Waals surface area (Å²) < 4.78 is 16.1. The highest BCUT2D eigenvalue weighted by Gasteiger charge is 2.17. The fraction of sp³-hybridized carbons (Fsp3) is 1.00. The molecule has 0 aromatic carbocycles. The minimum absolute atomic E-state index is 0.150. The first-order valence-corrected chi connectivity index (χ1v) is 7.74. The van der Waals surface area contributed by atoms with Crippen molar-refractivity contribution >= 4 is 7.60 Å². The third kappa shape index (κ3) is 10.6. The molecule has 0 saturated heterocycles. The molecule has 0 aromatic heterocycles. The van der Waals surface area contributed by atoms with Crippen molar-refractivity contribution in [2.24, 2.45) is 0 Å². The topological polar surface area (TPSA) is 58.6 Å². The Balaban J connectivity index is 3.44. The van der Waals surface area contributed by atoms with Crippen LogP contribution in [0, 0.1) is 0 Å². The van der Waals surface area contributed by atoms with E-state index in [2.05, 4.69) is 26.1 Å². The lowest BCUT2D eigenvalue weighted by atomic mass is 10.1. The quantitative estimate of drug-likeness (QED) is 0.514. The zero-order valence-corrected chi connectivity index (χ0v) is 11.8. The van der Waals surface area contributed by atoms with Gasteiger partial charge in [-0.05, 0) is 47.1 Å². The third-order valence-electron chi connectivity index (χ3n) is 2.10. The Bertz CT molecular complexity index is 226. The van der Waals surface area contributed by atoms with E-state index in [1.54, 1.807) is 6.92 Å². The maximum Gasteiger partial charge on any atom is 0.328 e. The molecule has 5 heteroatoms. The van der Waals surface area contributed by atoms with Crippen LogP contribution in [0.4, 0.5) is 0 Å². The van der Waals surface area contributed by atoms with Crippen molar-refractivity contribution in [1.29, 1.82) is 0 Å². The lowest BCUT2D eigenvalue weighted by molar-refractivity contribution is 0.272. The predicted molar refractivity (Wildman–Crippen MR) is 67.9 cm³/mol. The van der Waals surface area contributed by atoms with Gasteiger partial charge in [0.2, 0.25) is 0 Å². The summed E-state index contributed by atoms with van der Waals surface area (Å²) in [7, 11) is -3.29. The smallest absolute Gasteiger partial charge is 0.324 e. The van der Waals surface area contributed by atoms with Crippen molar-refractivity contribution in [3.63, 3.8) is 0 Å². The highest BCUT2D eigenvalue weighted by molar-refractivity contribution is 7.52. The van der Waals surface area contributed by atoms with Gasteiger partial charge >= 0.3 is 7.60 Å². The zero-order chi connectivity index (χ0) is 12.7. The standard InChI is InChI=1S/C11H26NO3P/c1-5-15-16(13,14)10-8-6-7-9-12-11(2,3)4/h12H,5-10H2,1-4H3,(H,13,14). The second-order valence-electron chi connectivity index (χ2n) is 5.02. The van der Waals surface area contributed by atoms with Gasteiger partial charge < -0.3 is 14.7 Å². The Kier molecular flexibility index (Phi) is 7.49. The molecule has 0 aliphatic heterocycles. The van der Waals surface area contributed by atoms with E-state index in [-0.39, 0.29) is 11.7 Å². The molecule has 1 unspecified atom stereocenters. The zero-order valence-electron chi connectivity index (χ0n) is 11.0. The summed E-state index contributed by atoms with van der Waals surface area (Å²) in [6, 6.07) is 0. The van der Waals surface area contributed by atoms with E-state index >= 15 is 0 Å². The second kappa shape index (κ2) is 7.44. The normalized spacial score (nSPS) is 16.1. The van der Waals surface area contributed by atoms with Gasteiger partial charge in [0.1, 0.15) is 0 Å². The van der Waals surface area contributed by atoms with Crippen LogP contribution >= 0.6 is 7.60 Å². The van der Waals surface area contributed by atoms with Gasteiger partial charge in [0.15, 0.2) is 0 Å². The van der Waals surface area contributed by atoms with Gasteiger partial charge in [-0.25, -0.2) is 0 Å². The average molecular weight is 251 g/mol. The van der Waals surface area contributed by atoms with E-state index in [4.69, 9.17) is 4.52 Å². The van der Waals surface area contributed by atoms with Gasteiger partial charge in [0.25, 0.3) is 0 Å². The first-order valence-electron chi connectivity index (χ1n) is 5.98. The highest BCUT2D eigenvalue weighted by Crippen LogP contribution is 2.42. The van der Waals surface area contributed by atoms with Crippen LogP contribution in [0.2, 0.25) is 0 Å². The molecule has 0 amide bonds. The minimum atomic E-state index is -3.29. The molecule has 0 heterocycles. The molecule has 0 aromatic rings. The molecule has 0 radical (unpaired) electrons. The number of rotatable bonds is 8. The molecular formula is C11H26NO3P. The molecule has 0 rings (SSSR count). The van der Waals surface area contributed by atoms with Gasteiger partial charge in [0.05, 0.1) is 6.61 Å². The minimum Gasteiger partial charge on any atom is -0.324 e. The lowest BCUT2D eigenvalue weighted by Crippen LogP contribution is -2.36. The van der Waals surface area contributed by atoms with Crippen molar-refractivity contribution in [3.8, 4) is 0 Å². The van der Waals surface area contributed by atoms with Crippen molar-refractivity contribution < 1.29 is 14.0 Å². The Hall–Kier alpha value is 0.110. The maximum absolute atomic E-state index is 11.3. The summed E-state index contributed by atoms with van der Waals surface area (Å²) in [5, 5.41) is 3.38. The van der Waals surface area contributed by atoms with Crippen LogP contribution in [0.1, 0.15) is 47.0 Å². The van der Waals surface area contributed by atoms with E-state index in [1.807, 2.05) is 0 Å². The van der Waals surface area contributed by atoms with Crippen LogP contribution in [0.5, 0.6) is 0 Å². The molecule has 0 fully saturated rings. The molecule has 2 N–H and O–H groups in total. The number of unbranched alkanes of at least 4 members (excludes halogenated alkanes) is 2. The van der Waals surface area contributed by atoms with Crippen molar-refractivity contribution in [2.45, 2.75) is 52.5 Å². The molecule has 98 valence electrons. The van der Waals surface area contributed by atoms with Gasteiger partial charge in [-0.3, -0.25) is 4.57 Å². The average Bonchev–Trinajstić information content (AvgIpc) is 2.09. The van der Waals surface area contributed by atoms with Gasteiger partial charge in [-0.15, -0.1) is 0 Å². The van der Waals surface area contributed by atoms with E-state index in [1.165, 1.54) is 0 Å². The van der Waals surface area contributed by atoms with Crippen molar-refractivity contribution in [1.82, 2.24) is 5.32 Å². The third-order valence-corrected chi connectivity index (χ3v) is 3.65. The predicted octanol–water partition coefficient (Wildman–Crippen LogP) is 2.77. The van der Waals surface area contributed by atoms with E-state index in [9.17, 15) is 9.46 Å². The summed E-state index contributed by atoms with van der Waals surface area (Å²) in [5.41, 5.74) is 0.150. The van der Waals surface area contributed by atoms with Gasteiger partial charge in [-0.1, -0.05) is 6.42 Å². The fourth-order valence-corrected chi connectivity index (χ4v) is 2.50. The van der Waals surface area contributed by atoms with Crippen LogP contribution in [0.25, 0.3) is 0 Å². The lowest BCUT2D eigenvalue weighted by Gasteiger charge is -2.20. The van der Waals surface area contributed by atoms with Crippen molar-refractivity contribution in [3.05, 3.63) is 0 Å². The summed E-state index contributed by atoms with van der Waals surface area (Å²) in [6.07, 6.45) is 3.01. The molecule has 0 aliphatic carbocycles. The van der Waals surface area contributed by atoms with Crippen LogP contribution in [0.15, 0.2) is 0 Å². The molecule has 16 heavy (non-hydrogen) atoms. The first kappa shape index (κ1) is 16.1. The monoisotopic (exact) mass is 251 g/mol. The Morgan fingerprint density at radius 3 is 2.38 bits per heavy atom. The van der Waals surface area contributed by atoms with Crippen LogP contribution in [-0.4, -0.2) is 29.7 Å². The van der Waals surface area contributed by atoms with E-state index < -0.39 is 7.60 Å². The Morgan fingerprint density at radius 2 is 1.88 bits per heavy atom. The van der Waals surface area contributed by atoms with Crippen molar-refractivity contribution in [2.75, 3.05) is 19.3 Å². The SMILES string of the molecule is CCOP(=O)(O)CCCCCNC(C)(C)C. The molecular weight excluding hydrogens is 225 g/mol. The molecule has 0 aliphatic rings. The van der Waals surface area contributed by atoms with Crippen LogP contribution < -0.4 is 5.32 Å². The number of nitrogens with one attached hydrogen (secondary N) is 1. The second-order valence-corrected chi connectivity index (χ2v) is 7.00. The maximum atomic E-state index is 11.3. The summed E-state index contributed by atoms with van der Waals surface area (Å²) in [4.78, 5) is 9.32. The highest BCUT2D eigenvalue weighted by atomic mass is 31.2. The number of hydrogen-bond acceptors (Lipinski definition) is 3. The summed E-state index contributed by atoms with van der Waals surface area (Å²) in [6.45, 7) is 9.38. The largest absolute Gasteiger partial charge is 0.328 e. The fourth-order valence-electron chi connectivity index (χ4n) is 1.34. The molecule has 0 spiro atoms. The Morgan fingerprint density at radius 1 is 1.25 bits per heavy atom. The van der Waals surface area contributed by atoms with E-state index in [0.29, 0.717) is 6.61 Å². The first-order chi connectivity index (χ1) is 7.27. The van der Waals surface area contributed by atoms with Gasteiger partial charge in [-0.2, -0.15) is 0 Å². The van der Waals surface area contributed by atoms with Gasteiger partial charge in [0, 0.05) is 11.7 Å². The molecule has 0 bridgehead atoms. The van der Waals surface area contributed by atoms with Crippen LogP contribution in [0.3, 0.4) is 0 Å².